The van der Waals surface area contributed by atoms with Gasteiger partial charge in [-0.15, -0.1) is 11.8 Å². The van der Waals surface area contributed by atoms with E-state index in [4.69, 9.17) is 4.74 Å². The molecule has 0 saturated carbocycles. The normalized spacial score (nSPS) is 10.7. The molecule has 0 aliphatic rings. The minimum Gasteiger partial charge on any atom is -0.457 e. The van der Waals surface area contributed by atoms with E-state index >= 15 is 0 Å². The van der Waals surface area contributed by atoms with Gasteiger partial charge in [0.05, 0.1) is 0 Å². The first-order valence-electron chi connectivity index (χ1n) is 9.46. The van der Waals surface area contributed by atoms with Gasteiger partial charge in [-0.1, -0.05) is 53.7 Å². The highest BCUT2D eigenvalue weighted by molar-refractivity contribution is 7.99. The van der Waals surface area contributed by atoms with Crippen molar-refractivity contribution in [3.63, 3.8) is 0 Å². The molecule has 3 heteroatoms. The van der Waals surface area contributed by atoms with Crippen molar-refractivity contribution in [2.45, 2.75) is 21.6 Å². The zero-order valence-corrected chi connectivity index (χ0v) is 18.1. The van der Waals surface area contributed by atoms with Crippen LogP contribution in [0, 0.1) is 6.92 Å². The average Bonchev–Trinajstić information content (AvgIpc) is 2.77. The maximum absolute atomic E-state index is 5.94. The molecule has 4 aromatic carbocycles. The van der Waals surface area contributed by atoms with Gasteiger partial charge < -0.3 is 4.74 Å². The Hall–Kier alpha value is -2.62. The van der Waals surface area contributed by atoms with Crippen molar-refractivity contribution in [1.82, 2.24) is 0 Å². The van der Waals surface area contributed by atoms with Gasteiger partial charge in [0.2, 0.25) is 0 Å². The van der Waals surface area contributed by atoms with Crippen molar-refractivity contribution in [3.8, 4) is 22.6 Å². The Bertz CT molecular complexity index is 1050. The molecule has 0 unspecified atom stereocenters. The van der Waals surface area contributed by atoms with Crippen LogP contribution in [0.5, 0.6) is 11.5 Å². The highest BCUT2D eigenvalue weighted by Gasteiger charge is 2.02. The van der Waals surface area contributed by atoms with E-state index in [-0.39, 0.29) is 0 Å². The van der Waals surface area contributed by atoms with Crippen molar-refractivity contribution in [2.24, 2.45) is 0 Å². The lowest BCUT2D eigenvalue weighted by molar-refractivity contribution is 0.482. The third-order valence-electron chi connectivity index (χ3n) is 4.59. The molecule has 0 bridgehead atoms. The molecule has 0 aliphatic heterocycles. The summed E-state index contributed by atoms with van der Waals surface area (Å²) in [7, 11) is 0. The molecule has 0 radical (unpaired) electrons. The van der Waals surface area contributed by atoms with Crippen molar-refractivity contribution in [3.05, 3.63) is 103 Å². The highest BCUT2D eigenvalue weighted by Crippen LogP contribution is 2.32. The van der Waals surface area contributed by atoms with Crippen molar-refractivity contribution in [2.75, 3.05) is 6.26 Å². The van der Waals surface area contributed by atoms with Gasteiger partial charge in [0, 0.05) is 14.7 Å². The standard InChI is InChI=1S/C26H22OS2/c1-19-3-5-20(6-4-19)21-7-13-25(14-8-21)29-26-17-11-23(12-18-26)27-22-9-15-24(28-2)16-10-22/h3-18H,1-2H3. The minimum atomic E-state index is 0.848. The molecule has 0 aromatic heterocycles. The van der Waals surface area contributed by atoms with Gasteiger partial charge in [0.1, 0.15) is 11.5 Å². The second-order valence-electron chi connectivity index (χ2n) is 6.74. The lowest BCUT2D eigenvalue weighted by Gasteiger charge is -2.08. The molecule has 144 valence electrons. The van der Waals surface area contributed by atoms with Crippen molar-refractivity contribution >= 4 is 23.5 Å². The van der Waals surface area contributed by atoms with E-state index in [0.717, 1.165) is 11.5 Å². The summed E-state index contributed by atoms with van der Waals surface area (Å²) in [5.41, 5.74) is 3.77. The largest absolute Gasteiger partial charge is 0.457 e. The molecule has 0 saturated heterocycles. The number of benzene rings is 4. The van der Waals surface area contributed by atoms with Gasteiger partial charge in [0.25, 0.3) is 0 Å². The second kappa shape index (κ2) is 9.25. The van der Waals surface area contributed by atoms with E-state index < -0.39 is 0 Å². The highest BCUT2D eigenvalue weighted by atomic mass is 32.2. The summed E-state index contributed by atoms with van der Waals surface area (Å²) in [6, 6.07) is 33.8. The van der Waals surface area contributed by atoms with Crippen LogP contribution in [0.15, 0.2) is 112 Å². The Balaban J connectivity index is 1.39. The van der Waals surface area contributed by atoms with E-state index in [9.17, 15) is 0 Å². The first kappa shape index (κ1) is 19.7. The Kier molecular flexibility index (Phi) is 6.28. The predicted octanol–water partition coefficient (Wildman–Crippen LogP) is 8.33. The minimum absolute atomic E-state index is 0.848. The molecule has 29 heavy (non-hydrogen) atoms. The summed E-state index contributed by atoms with van der Waals surface area (Å²) >= 11 is 3.48. The zero-order chi connectivity index (χ0) is 20.1. The van der Waals surface area contributed by atoms with Gasteiger partial charge in [-0.25, -0.2) is 0 Å². The Labute approximate surface area is 181 Å². The Morgan fingerprint density at radius 1 is 0.517 bits per heavy atom. The lowest BCUT2D eigenvalue weighted by Crippen LogP contribution is -1.84. The van der Waals surface area contributed by atoms with E-state index in [0.29, 0.717) is 0 Å². The molecular formula is C26H22OS2. The fourth-order valence-corrected chi connectivity index (χ4v) is 4.18. The van der Waals surface area contributed by atoms with Crippen molar-refractivity contribution < 1.29 is 4.74 Å². The molecule has 0 fully saturated rings. The third-order valence-corrected chi connectivity index (χ3v) is 6.35. The first-order valence-corrected chi connectivity index (χ1v) is 11.5. The van der Waals surface area contributed by atoms with Crippen molar-refractivity contribution in [1.29, 1.82) is 0 Å². The summed E-state index contributed by atoms with van der Waals surface area (Å²) in [4.78, 5) is 3.65. The van der Waals surface area contributed by atoms with E-state index in [2.05, 4.69) is 86.0 Å². The zero-order valence-electron chi connectivity index (χ0n) is 16.5. The molecule has 0 amide bonds. The SMILES string of the molecule is CSc1ccc(Oc2ccc(Sc3ccc(-c4ccc(C)cc4)cc3)cc2)cc1. The molecule has 0 heterocycles. The van der Waals surface area contributed by atoms with Gasteiger partial charge in [-0.3, -0.25) is 0 Å². The fourth-order valence-electron chi connectivity index (χ4n) is 2.95. The predicted molar refractivity (Wildman–Crippen MR) is 125 cm³/mol. The molecule has 0 aliphatic carbocycles. The molecule has 0 N–H and O–H groups in total. The average molecular weight is 415 g/mol. The maximum atomic E-state index is 5.94. The topological polar surface area (TPSA) is 9.23 Å². The monoisotopic (exact) mass is 414 g/mol. The molecule has 1 nitrogen and oxygen atoms in total. The van der Waals surface area contributed by atoms with E-state index in [1.807, 2.05) is 24.3 Å². The van der Waals surface area contributed by atoms with Gasteiger partial charge in [-0.05, 0) is 85.0 Å². The van der Waals surface area contributed by atoms with Crippen LogP contribution in [0.1, 0.15) is 5.56 Å². The molecular weight excluding hydrogens is 392 g/mol. The quantitative estimate of drug-likeness (QED) is 0.293. The van der Waals surface area contributed by atoms with Crippen LogP contribution in [0.25, 0.3) is 11.1 Å². The molecule has 4 aromatic rings. The smallest absolute Gasteiger partial charge is 0.127 e. The number of ether oxygens (including phenoxy) is 1. The van der Waals surface area contributed by atoms with Crippen LogP contribution in [0.4, 0.5) is 0 Å². The van der Waals surface area contributed by atoms with Gasteiger partial charge in [0.15, 0.2) is 0 Å². The number of hydrogen-bond acceptors (Lipinski definition) is 3. The summed E-state index contributed by atoms with van der Waals surface area (Å²) in [6.07, 6.45) is 2.07. The summed E-state index contributed by atoms with van der Waals surface area (Å²) in [6.45, 7) is 2.11. The van der Waals surface area contributed by atoms with Crippen LogP contribution in [-0.4, -0.2) is 6.26 Å². The molecule has 0 spiro atoms. The number of rotatable bonds is 6. The number of thioether (sulfide) groups is 1. The third kappa shape index (κ3) is 5.26. The van der Waals surface area contributed by atoms with Crippen LogP contribution < -0.4 is 4.74 Å². The summed E-state index contributed by atoms with van der Waals surface area (Å²) in [5.74, 6) is 1.70. The van der Waals surface area contributed by atoms with E-state index in [1.165, 1.54) is 31.4 Å². The number of aryl methyl sites for hydroxylation is 1. The fraction of sp³-hybridized carbons (Fsp3) is 0.0769. The molecule has 4 rings (SSSR count). The maximum Gasteiger partial charge on any atom is 0.127 e. The van der Waals surface area contributed by atoms with Gasteiger partial charge in [-0.2, -0.15) is 0 Å². The van der Waals surface area contributed by atoms with Crippen LogP contribution in [-0.2, 0) is 0 Å². The second-order valence-corrected chi connectivity index (χ2v) is 8.77. The van der Waals surface area contributed by atoms with Crippen LogP contribution >= 0.6 is 23.5 Å². The van der Waals surface area contributed by atoms with Crippen LogP contribution in [0.3, 0.4) is 0 Å². The Morgan fingerprint density at radius 2 is 0.931 bits per heavy atom. The Morgan fingerprint density at radius 3 is 1.41 bits per heavy atom. The lowest BCUT2D eigenvalue weighted by atomic mass is 10.0. The first-order chi connectivity index (χ1) is 14.2. The summed E-state index contributed by atoms with van der Waals surface area (Å²) < 4.78 is 5.94. The number of hydrogen-bond donors (Lipinski definition) is 0. The summed E-state index contributed by atoms with van der Waals surface area (Å²) in [5, 5.41) is 0. The molecule has 0 atom stereocenters. The van der Waals surface area contributed by atoms with E-state index in [1.54, 1.807) is 23.5 Å². The van der Waals surface area contributed by atoms with Gasteiger partial charge >= 0.3 is 0 Å². The van der Waals surface area contributed by atoms with Crippen LogP contribution in [0.2, 0.25) is 0 Å².